The predicted octanol–water partition coefficient (Wildman–Crippen LogP) is 6.93. The molecular weight excluding hydrogens is 533 g/mol. The predicted molar refractivity (Wildman–Crippen MR) is 153 cm³/mol. The monoisotopic (exact) mass is 557 g/mol. The molecular formula is C30H24FN3O5S. The van der Waals surface area contributed by atoms with Crippen LogP contribution in [0.2, 0.25) is 0 Å². The van der Waals surface area contributed by atoms with E-state index < -0.39 is 11.7 Å². The van der Waals surface area contributed by atoms with Crippen LogP contribution in [0.4, 0.5) is 9.52 Å². The first-order valence-electron chi connectivity index (χ1n) is 12.1. The van der Waals surface area contributed by atoms with Gasteiger partial charge in [0.1, 0.15) is 17.3 Å². The van der Waals surface area contributed by atoms with Crippen molar-refractivity contribution in [2.24, 2.45) is 5.10 Å². The number of methoxy groups -OCH3 is 3. The van der Waals surface area contributed by atoms with Crippen LogP contribution in [0.25, 0.3) is 10.2 Å². The summed E-state index contributed by atoms with van der Waals surface area (Å²) in [5.74, 6) is 1.56. The minimum atomic E-state index is -0.457. The summed E-state index contributed by atoms with van der Waals surface area (Å²) in [6.07, 6.45) is 1.49. The van der Waals surface area contributed by atoms with Crippen LogP contribution in [0, 0.1) is 5.82 Å². The zero-order valence-corrected chi connectivity index (χ0v) is 22.6. The highest BCUT2D eigenvalue weighted by molar-refractivity contribution is 7.22. The molecule has 0 unspecified atom stereocenters. The molecule has 5 rings (SSSR count). The van der Waals surface area contributed by atoms with Gasteiger partial charge in [-0.1, -0.05) is 35.6 Å². The quantitative estimate of drug-likeness (QED) is 0.144. The fourth-order valence-corrected chi connectivity index (χ4v) is 4.85. The fourth-order valence-electron chi connectivity index (χ4n) is 3.91. The highest BCUT2D eigenvalue weighted by Crippen LogP contribution is 2.38. The maximum absolute atomic E-state index is 13.9. The van der Waals surface area contributed by atoms with Crippen LogP contribution in [-0.2, 0) is 0 Å². The summed E-state index contributed by atoms with van der Waals surface area (Å²) < 4.78 is 36.6. The Balaban J connectivity index is 1.54. The Morgan fingerprint density at radius 3 is 2.30 bits per heavy atom. The number of nitrogens with zero attached hydrogens (tertiary/aromatic N) is 3. The number of rotatable bonds is 9. The van der Waals surface area contributed by atoms with Gasteiger partial charge in [0.2, 0.25) is 10.9 Å². The molecule has 1 heterocycles. The van der Waals surface area contributed by atoms with Crippen LogP contribution >= 0.6 is 11.3 Å². The van der Waals surface area contributed by atoms with Gasteiger partial charge in [0.15, 0.2) is 11.5 Å². The molecule has 0 saturated carbocycles. The molecule has 0 fully saturated rings. The highest BCUT2D eigenvalue weighted by atomic mass is 32.1. The first-order chi connectivity index (χ1) is 19.5. The molecule has 0 saturated heterocycles. The minimum absolute atomic E-state index is 0.267. The number of ether oxygens (including phenoxy) is 4. The van der Waals surface area contributed by atoms with Crippen molar-refractivity contribution in [2.75, 3.05) is 26.3 Å². The fraction of sp³-hybridized carbons (Fsp3) is 0.100. The second-order valence-corrected chi connectivity index (χ2v) is 9.38. The molecule has 0 aliphatic carbocycles. The Kier molecular flexibility index (Phi) is 7.88. The van der Waals surface area contributed by atoms with E-state index in [1.54, 1.807) is 42.5 Å². The highest BCUT2D eigenvalue weighted by Gasteiger charge is 2.22. The van der Waals surface area contributed by atoms with Crippen LogP contribution in [-0.4, -0.2) is 38.4 Å². The zero-order chi connectivity index (χ0) is 28.1. The average Bonchev–Trinajstić information content (AvgIpc) is 3.40. The summed E-state index contributed by atoms with van der Waals surface area (Å²) >= 11 is 1.15. The van der Waals surface area contributed by atoms with Crippen molar-refractivity contribution in [2.45, 2.75) is 0 Å². The molecule has 0 spiro atoms. The molecule has 202 valence electrons. The number of carbonyl (C=O) groups excluding carboxylic acids is 1. The summed E-state index contributed by atoms with van der Waals surface area (Å²) in [4.78, 5) is 18.4. The largest absolute Gasteiger partial charge is 0.493 e. The van der Waals surface area contributed by atoms with E-state index in [0.717, 1.165) is 11.3 Å². The molecule has 1 aromatic heterocycles. The molecule has 10 heteroatoms. The molecule has 40 heavy (non-hydrogen) atoms. The van der Waals surface area contributed by atoms with Gasteiger partial charge in [-0.25, -0.2) is 9.37 Å². The first-order valence-corrected chi connectivity index (χ1v) is 12.9. The van der Waals surface area contributed by atoms with Crippen LogP contribution in [0.3, 0.4) is 0 Å². The van der Waals surface area contributed by atoms with Gasteiger partial charge in [0.25, 0.3) is 5.91 Å². The van der Waals surface area contributed by atoms with E-state index in [4.69, 9.17) is 18.9 Å². The van der Waals surface area contributed by atoms with Crippen molar-refractivity contribution in [1.82, 2.24) is 4.98 Å². The number of carbonyl (C=O) groups is 1. The Morgan fingerprint density at radius 2 is 1.60 bits per heavy atom. The number of hydrogen-bond acceptors (Lipinski definition) is 8. The molecule has 0 N–H and O–H groups in total. The zero-order valence-electron chi connectivity index (χ0n) is 21.8. The summed E-state index contributed by atoms with van der Waals surface area (Å²) in [6.45, 7) is 0. The Bertz CT molecular complexity index is 1660. The maximum atomic E-state index is 13.9. The number of hydrazone groups is 1. The smallest absolute Gasteiger partial charge is 0.280 e. The van der Waals surface area contributed by atoms with Gasteiger partial charge in [-0.2, -0.15) is 10.1 Å². The third-order valence-electron chi connectivity index (χ3n) is 5.78. The Morgan fingerprint density at radius 1 is 0.875 bits per heavy atom. The number of thiazole rings is 1. The van der Waals surface area contributed by atoms with E-state index >= 15 is 0 Å². The van der Waals surface area contributed by atoms with Crippen molar-refractivity contribution in [3.8, 4) is 28.7 Å². The Hall–Kier alpha value is -4.96. The van der Waals surface area contributed by atoms with E-state index in [1.165, 1.54) is 44.7 Å². The van der Waals surface area contributed by atoms with Gasteiger partial charge in [-0.3, -0.25) is 4.79 Å². The summed E-state index contributed by atoms with van der Waals surface area (Å²) in [7, 11) is 4.54. The van der Waals surface area contributed by atoms with Crippen LogP contribution in [0.5, 0.6) is 28.7 Å². The minimum Gasteiger partial charge on any atom is -0.493 e. The number of para-hydroxylation sites is 1. The number of halogens is 1. The molecule has 1 amide bonds. The van der Waals surface area contributed by atoms with E-state index in [1.807, 2.05) is 30.3 Å². The van der Waals surface area contributed by atoms with Crippen molar-refractivity contribution < 1.29 is 28.1 Å². The van der Waals surface area contributed by atoms with Crippen LogP contribution < -0.4 is 24.0 Å². The first kappa shape index (κ1) is 26.6. The van der Waals surface area contributed by atoms with Gasteiger partial charge < -0.3 is 18.9 Å². The summed E-state index contributed by atoms with van der Waals surface area (Å²) in [5, 5.41) is 5.94. The van der Waals surface area contributed by atoms with Crippen molar-refractivity contribution in [3.63, 3.8) is 0 Å². The Labute approximate surface area is 233 Å². The number of benzene rings is 4. The molecule has 8 nitrogen and oxygen atoms in total. The number of aromatic nitrogens is 1. The van der Waals surface area contributed by atoms with E-state index in [-0.39, 0.29) is 5.13 Å². The lowest BCUT2D eigenvalue weighted by molar-refractivity contribution is 0.0987. The van der Waals surface area contributed by atoms with Gasteiger partial charge >= 0.3 is 0 Å². The third kappa shape index (κ3) is 5.71. The standard InChI is InChI=1S/C30H24FN3O5S/c1-36-25-14-19(15-26(37-2)28(25)38-3)18-32-34(30-33-24-13-12-21(31)17-27(24)40-30)29(35)20-8-7-11-23(16-20)39-22-9-5-4-6-10-22/h4-18H,1-3H3/b32-18+. The normalized spacial score (nSPS) is 11.0. The van der Waals surface area contributed by atoms with Crippen LogP contribution in [0.1, 0.15) is 15.9 Å². The number of hydrogen-bond donors (Lipinski definition) is 0. The molecule has 0 bridgehead atoms. The van der Waals surface area contributed by atoms with Gasteiger partial charge in [-0.15, -0.1) is 0 Å². The molecule has 5 aromatic rings. The van der Waals surface area contributed by atoms with E-state index in [0.29, 0.717) is 50.1 Å². The lowest BCUT2D eigenvalue weighted by Gasteiger charge is -2.15. The van der Waals surface area contributed by atoms with Gasteiger partial charge in [-0.05, 0) is 60.7 Å². The van der Waals surface area contributed by atoms with Crippen molar-refractivity contribution >= 4 is 38.8 Å². The van der Waals surface area contributed by atoms with Crippen LogP contribution in [0.15, 0.2) is 90.0 Å². The third-order valence-corrected chi connectivity index (χ3v) is 6.78. The maximum Gasteiger partial charge on any atom is 0.280 e. The molecule has 0 radical (unpaired) electrons. The van der Waals surface area contributed by atoms with Gasteiger partial charge in [0.05, 0.1) is 37.8 Å². The molecule has 0 aliphatic heterocycles. The van der Waals surface area contributed by atoms with E-state index in [2.05, 4.69) is 10.1 Å². The summed E-state index contributed by atoms with van der Waals surface area (Å²) in [5.41, 5.74) is 1.45. The average molecular weight is 558 g/mol. The van der Waals surface area contributed by atoms with Crippen molar-refractivity contribution in [1.29, 1.82) is 0 Å². The van der Waals surface area contributed by atoms with E-state index in [9.17, 15) is 9.18 Å². The second kappa shape index (κ2) is 11.8. The lowest BCUT2D eigenvalue weighted by Crippen LogP contribution is -2.25. The van der Waals surface area contributed by atoms with Crippen molar-refractivity contribution in [3.05, 3.63) is 102 Å². The molecule has 0 aliphatic rings. The number of anilines is 1. The second-order valence-electron chi connectivity index (χ2n) is 8.37. The SMILES string of the molecule is COc1cc(/C=N/N(C(=O)c2cccc(Oc3ccccc3)c2)c2nc3ccc(F)cc3s2)cc(OC)c1OC. The van der Waals surface area contributed by atoms with Gasteiger partial charge in [0, 0.05) is 11.1 Å². The summed E-state index contributed by atoms with van der Waals surface area (Å²) in [6, 6.07) is 23.7. The molecule has 4 aromatic carbocycles. The number of amides is 1. The topological polar surface area (TPSA) is 82.5 Å². The molecule has 0 atom stereocenters. The number of fused-ring (bicyclic) bond motifs is 1. The lowest BCUT2D eigenvalue weighted by atomic mass is 10.2.